The highest BCUT2D eigenvalue weighted by molar-refractivity contribution is 5.79. The summed E-state index contributed by atoms with van der Waals surface area (Å²) in [4.78, 5) is 16.5. The first-order valence-electron chi connectivity index (χ1n) is 9.57. The number of carbonyl (C=O) groups excluding carboxylic acids is 1. The van der Waals surface area contributed by atoms with Crippen LogP contribution < -0.4 is 14.8 Å². The van der Waals surface area contributed by atoms with Gasteiger partial charge in [0.1, 0.15) is 22.7 Å². The third kappa shape index (κ3) is 4.27. The standard InChI is InChI=1S/C22H25N3O3/c1-22(2,3)28-16-9-10-17(18-5-4-6-20-23-11-12-25(18)20)19(13-16)27-14-21(26)24-15-7-8-15/h4-6,9-13,15H,7-8,14H2,1-3H3,(H,24,26). The van der Waals surface area contributed by atoms with Crippen molar-refractivity contribution >= 4 is 11.6 Å². The third-order valence-electron chi connectivity index (χ3n) is 4.38. The van der Waals surface area contributed by atoms with Crippen LogP contribution in [0.15, 0.2) is 48.8 Å². The molecule has 6 heteroatoms. The molecule has 4 rings (SSSR count). The van der Waals surface area contributed by atoms with Crippen molar-refractivity contribution in [2.24, 2.45) is 0 Å². The molecule has 0 aliphatic heterocycles. The maximum atomic E-state index is 12.1. The Labute approximate surface area is 164 Å². The number of hydrogen-bond donors (Lipinski definition) is 1. The van der Waals surface area contributed by atoms with Crippen LogP contribution in [0.5, 0.6) is 11.5 Å². The van der Waals surface area contributed by atoms with Gasteiger partial charge in [0.2, 0.25) is 0 Å². The Morgan fingerprint density at radius 1 is 1.25 bits per heavy atom. The molecule has 0 spiro atoms. The molecule has 1 fully saturated rings. The van der Waals surface area contributed by atoms with Crippen LogP contribution in [-0.4, -0.2) is 33.5 Å². The Hall–Kier alpha value is -3.02. The number of fused-ring (bicyclic) bond motifs is 1. The molecule has 1 amide bonds. The summed E-state index contributed by atoms with van der Waals surface area (Å²) in [5.41, 5.74) is 2.34. The number of benzene rings is 1. The molecule has 0 atom stereocenters. The largest absolute Gasteiger partial charge is 0.488 e. The lowest BCUT2D eigenvalue weighted by Gasteiger charge is -2.22. The van der Waals surface area contributed by atoms with E-state index in [1.807, 2.05) is 67.8 Å². The molecule has 1 aromatic carbocycles. The van der Waals surface area contributed by atoms with Crippen molar-refractivity contribution in [3.63, 3.8) is 0 Å². The molecule has 1 saturated carbocycles. The highest BCUT2D eigenvalue weighted by atomic mass is 16.5. The maximum Gasteiger partial charge on any atom is 0.258 e. The number of pyridine rings is 1. The van der Waals surface area contributed by atoms with E-state index in [2.05, 4.69) is 10.3 Å². The van der Waals surface area contributed by atoms with E-state index in [-0.39, 0.29) is 18.1 Å². The summed E-state index contributed by atoms with van der Waals surface area (Å²) < 4.78 is 13.9. The smallest absolute Gasteiger partial charge is 0.258 e. The molecule has 0 unspecified atom stereocenters. The highest BCUT2D eigenvalue weighted by Gasteiger charge is 2.23. The van der Waals surface area contributed by atoms with E-state index in [1.165, 1.54) is 0 Å². The van der Waals surface area contributed by atoms with Crippen LogP contribution in [0.3, 0.4) is 0 Å². The molecule has 28 heavy (non-hydrogen) atoms. The lowest BCUT2D eigenvalue weighted by molar-refractivity contribution is -0.123. The predicted octanol–water partition coefficient (Wildman–Crippen LogP) is 3.84. The molecular formula is C22H25N3O3. The summed E-state index contributed by atoms with van der Waals surface area (Å²) in [5.74, 6) is 1.21. The molecule has 146 valence electrons. The van der Waals surface area contributed by atoms with Crippen LogP contribution >= 0.6 is 0 Å². The fourth-order valence-electron chi connectivity index (χ4n) is 3.06. The van der Waals surface area contributed by atoms with Gasteiger partial charge in [-0.1, -0.05) is 6.07 Å². The van der Waals surface area contributed by atoms with Gasteiger partial charge in [-0.3, -0.25) is 9.20 Å². The number of ether oxygens (including phenoxy) is 2. The zero-order valence-electron chi connectivity index (χ0n) is 16.4. The SMILES string of the molecule is CC(C)(C)Oc1ccc(-c2cccc3nccn23)c(OCC(=O)NC2CC2)c1. The van der Waals surface area contributed by atoms with Crippen molar-refractivity contribution in [1.82, 2.24) is 14.7 Å². The van der Waals surface area contributed by atoms with Crippen LogP contribution in [0.2, 0.25) is 0 Å². The van der Waals surface area contributed by atoms with Crippen LogP contribution in [0.4, 0.5) is 0 Å². The zero-order chi connectivity index (χ0) is 19.7. The minimum Gasteiger partial charge on any atom is -0.488 e. The lowest BCUT2D eigenvalue weighted by Crippen LogP contribution is -2.30. The average Bonchev–Trinajstić information content (AvgIpc) is 3.30. The number of nitrogens with zero attached hydrogens (tertiary/aromatic N) is 2. The second-order valence-corrected chi connectivity index (χ2v) is 8.07. The summed E-state index contributed by atoms with van der Waals surface area (Å²) in [6.07, 6.45) is 5.77. The number of amides is 1. The second-order valence-electron chi connectivity index (χ2n) is 8.07. The number of imidazole rings is 1. The topological polar surface area (TPSA) is 64.9 Å². The van der Waals surface area contributed by atoms with E-state index < -0.39 is 0 Å². The third-order valence-corrected chi connectivity index (χ3v) is 4.38. The number of hydrogen-bond acceptors (Lipinski definition) is 4. The van der Waals surface area contributed by atoms with Crippen molar-refractivity contribution in [1.29, 1.82) is 0 Å². The van der Waals surface area contributed by atoms with Crippen molar-refractivity contribution in [3.05, 3.63) is 48.8 Å². The first-order chi connectivity index (χ1) is 13.4. The van der Waals surface area contributed by atoms with Crippen LogP contribution in [0, 0.1) is 0 Å². The van der Waals surface area contributed by atoms with Gasteiger partial charge in [-0.05, 0) is 57.9 Å². The van der Waals surface area contributed by atoms with E-state index in [4.69, 9.17) is 9.47 Å². The maximum absolute atomic E-state index is 12.1. The predicted molar refractivity (Wildman–Crippen MR) is 108 cm³/mol. The van der Waals surface area contributed by atoms with Crippen molar-refractivity contribution in [2.75, 3.05) is 6.61 Å². The second kappa shape index (κ2) is 7.19. The lowest BCUT2D eigenvalue weighted by atomic mass is 10.1. The summed E-state index contributed by atoms with van der Waals surface area (Å²) >= 11 is 0. The molecule has 0 radical (unpaired) electrons. The minimum atomic E-state index is -0.327. The number of carbonyl (C=O) groups is 1. The van der Waals surface area contributed by atoms with Crippen molar-refractivity contribution in [3.8, 4) is 22.8 Å². The molecule has 6 nitrogen and oxygen atoms in total. The van der Waals surface area contributed by atoms with E-state index >= 15 is 0 Å². The minimum absolute atomic E-state index is 0.0254. The monoisotopic (exact) mass is 379 g/mol. The van der Waals surface area contributed by atoms with Gasteiger partial charge < -0.3 is 14.8 Å². The molecule has 3 aromatic rings. The van der Waals surface area contributed by atoms with Gasteiger partial charge >= 0.3 is 0 Å². The molecule has 2 aromatic heterocycles. The summed E-state index contributed by atoms with van der Waals surface area (Å²) in [5, 5.41) is 2.95. The molecule has 1 N–H and O–H groups in total. The Balaban J connectivity index is 1.67. The van der Waals surface area contributed by atoms with Gasteiger partial charge in [-0.25, -0.2) is 4.98 Å². The number of nitrogens with one attached hydrogen (secondary N) is 1. The molecule has 0 bridgehead atoms. The average molecular weight is 379 g/mol. The first-order valence-corrected chi connectivity index (χ1v) is 9.57. The van der Waals surface area contributed by atoms with Crippen LogP contribution in [-0.2, 0) is 4.79 Å². The van der Waals surface area contributed by atoms with Crippen molar-refractivity contribution in [2.45, 2.75) is 45.3 Å². The van der Waals surface area contributed by atoms with Gasteiger partial charge in [0, 0.05) is 30.1 Å². The van der Waals surface area contributed by atoms with E-state index in [9.17, 15) is 4.79 Å². The molecular weight excluding hydrogens is 354 g/mol. The first kappa shape index (κ1) is 18.3. The van der Waals surface area contributed by atoms with Gasteiger partial charge in [0.05, 0.1) is 5.69 Å². The van der Waals surface area contributed by atoms with E-state index in [0.29, 0.717) is 17.5 Å². The Bertz CT molecular complexity index is 1000. The van der Waals surface area contributed by atoms with Crippen molar-refractivity contribution < 1.29 is 14.3 Å². The summed E-state index contributed by atoms with van der Waals surface area (Å²) in [6.45, 7) is 5.96. The highest BCUT2D eigenvalue weighted by Crippen LogP contribution is 2.35. The van der Waals surface area contributed by atoms with Gasteiger partial charge in [-0.2, -0.15) is 0 Å². The Morgan fingerprint density at radius 3 is 2.82 bits per heavy atom. The Kier molecular flexibility index (Phi) is 4.71. The summed E-state index contributed by atoms with van der Waals surface area (Å²) in [7, 11) is 0. The van der Waals surface area contributed by atoms with Crippen LogP contribution in [0.1, 0.15) is 33.6 Å². The fourth-order valence-corrected chi connectivity index (χ4v) is 3.06. The van der Waals surface area contributed by atoms with Gasteiger partial charge in [0.15, 0.2) is 6.61 Å². The molecule has 0 saturated heterocycles. The zero-order valence-corrected chi connectivity index (χ0v) is 16.4. The van der Waals surface area contributed by atoms with E-state index in [1.54, 1.807) is 6.20 Å². The molecule has 1 aliphatic carbocycles. The normalized spacial score (nSPS) is 14.1. The fraction of sp³-hybridized carbons (Fsp3) is 0.364. The van der Waals surface area contributed by atoms with Gasteiger partial charge in [0.25, 0.3) is 5.91 Å². The molecule has 1 aliphatic rings. The number of rotatable bonds is 6. The number of aromatic nitrogens is 2. The van der Waals surface area contributed by atoms with E-state index in [0.717, 1.165) is 29.7 Å². The van der Waals surface area contributed by atoms with Gasteiger partial charge in [-0.15, -0.1) is 0 Å². The van der Waals surface area contributed by atoms with Crippen LogP contribution in [0.25, 0.3) is 16.9 Å². The quantitative estimate of drug-likeness (QED) is 0.707. The summed E-state index contributed by atoms with van der Waals surface area (Å²) in [6, 6.07) is 12.0. The molecule has 2 heterocycles. The Morgan fingerprint density at radius 2 is 2.07 bits per heavy atom.